The lowest BCUT2D eigenvalue weighted by molar-refractivity contribution is -0.137. The van der Waals surface area contributed by atoms with Crippen LogP contribution < -0.4 is 9.47 Å². The molecule has 0 spiro atoms. The van der Waals surface area contributed by atoms with E-state index in [0.29, 0.717) is 39.5 Å². The molecule has 0 fully saturated rings. The van der Waals surface area contributed by atoms with Crippen LogP contribution >= 0.6 is 0 Å². The lowest BCUT2D eigenvalue weighted by Gasteiger charge is -2.13. The van der Waals surface area contributed by atoms with Crippen LogP contribution in [-0.4, -0.2) is 64.2 Å². The summed E-state index contributed by atoms with van der Waals surface area (Å²) in [4.78, 5) is 38.7. The average Bonchev–Trinajstić information content (AvgIpc) is 3.24. The van der Waals surface area contributed by atoms with Crippen LogP contribution in [0.3, 0.4) is 0 Å². The van der Waals surface area contributed by atoms with Crippen molar-refractivity contribution < 1.29 is 42.8 Å². The zero-order valence-corrected chi connectivity index (χ0v) is 38.5. The predicted octanol–water partition coefficient (Wildman–Crippen LogP) is 13.8. The first-order valence-electron chi connectivity index (χ1n) is 24.3. The van der Waals surface area contributed by atoms with E-state index in [0.717, 1.165) is 70.6 Å². The molecule has 9 heteroatoms. The second kappa shape index (κ2) is 42.7. The Kier molecular flexibility index (Phi) is 39.1. The van der Waals surface area contributed by atoms with Crippen LogP contribution in [0.4, 0.5) is 0 Å². The first-order valence-corrected chi connectivity index (χ1v) is 24.3. The van der Waals surface area contributed by atoms with Gasteiger partial charge in [0.05, 0.1) is 38.6 Å². The molecule has 1 rings (SSSR count). The van der Waals surface area contributed by atoms with E-state index < -0.39 is 17.9 Å². The summed E-state index contributed by atoms with van der Waals surface area (Å²) in [7, 11) is 0. The largest absolute Gasteiger partial charge is 0.460 e. The van der Waals surface area contributed by atoms with E-state index in [1.54, 1.807) is 0 Å². The lowest BCUT2D eigenvalue weighted by Crippen LogP contribution is -2.15. The van der Waals surface area contributed by atoms with Crippen molar-refractivity contribution in [3.05, 3.63) is 48.1 Å². The fourth-order valence-electron chi connectivity index (χ4n) is 6.69. The summed E-state index contributed by atoms with van der Waals surface area (Å²) in [5, 5.41) is 0. The molecule has 1 aromatic rings. The molecule has 0 bridgehead atoms. The summed E-state index contributed by atoms with van der Waals surface area (Å²) >= 11 is 0. The summed E-state index contributed by atoms with van der Waals surface area (Å²) in [5.74, 6) is -1.25. The normalized spacial score (nSPS) is 11.5. The van der Waals surface area contributed by atoms with Crippen molar-refractivity contribution in [3.63, 3.8) is 0 Å². The zero-order chi connectivity index (χ0) is 43.4. The molecule has 1 aromatic carbocycles. The molecule has 0 atom stereocenters. The van der Waals surface area contributed by atoms with Crippen molar-refractivity contribution in [2.75, 3.05) is 46.2 Å². The van der Waals surface area contributed by atoms with Crippen molar-refractivity contribution in [2.45, 2.75) is 201 Å². The number of ether oxygens (including phenoxy) is 6. The van der Waals surface area contributed by atoms with Crippen LogP contribution in [0.25, 0.3) is 0 Å². The van der Waals surface area contributed by atoms with Gasteiger partial charge in [-0.05, 0) is 89.3 Å². The summed E-state index contributed by atoms with van der Waals surface area (Å²) in [6, 6.07) is 4.43. The minimum absolute atomic E-state index is 0.0422. The highest BCUT2D eigenvalue weighted by Crippen LogP contribution is 2.30. The monoisotopic (exact) mass is 843 g/mol. The smallest absolute Gasteiger partial charge is 0.338 e. The van der Waals surface area contributed by atoms with E-state index >= 15 is 0 Å². The molecule has 0 aliphatic carbocycles. The average molecular weight is 843 g/mol. The van der Waals surface area contributed by atoms with Gasteiger partial charge >= 0.3 is 17.9 Å². The molecule has 0 amide bonds. The van der Waals surface area contributed by atoms with Gasteiger partial charge in [0.1, 0.15) is 6.61 Å². The van der Waals surface area contributed by atoms with Crippen molar-refractivity contribution in [1.82, 2.24) is 0 Å². The molecule has 0 aromatic heterocycles. The third kappa shape index (κ3) is 34.7. The highest BCUT2D eigenvalue weighted by Gasteiger charge is 2.18. The van der Waals surface area contributed by atoms with Crippen LogP contribution in [0.15, 0.2) is 42.5 Å². The Morgan fingerprint density at radius 1 is 0.433 bits per heavy atom. The van der Waals surface area contributed by atoms with E-state index in [1.807, 2.05) is 6.92 Å². The van der Waals surface area contributed by atoms with Gasteiger partial charge in [-0.1, -0.05) is 141 Å². The molecule has 0 saturated heterocycles. The molecule has 0 N–H and O–H groups in total. The third-order valence-electron chi connectivity index (χ3n) is 10.3. The molecule has 344 valence electrons. The zero-order valence-electron chi connectivity index (χ0n) is 38.5. The van der Waals surface area contributed by atoms with Crippen molar-refractivity contribution in [3.8, 4) is 11.5 Å². The maximum atomic E-state index is 12.9. The van der Waals surface area contributed by atoms with Gasteiger partial charge in [0.25, 0.3) is 0 Å². The van der Waals surface area contributed by atoms with Crippen molar-refractivity contribution >= 4 is 17.9 Å². The van der Waals surface area contributed by atoms with Gasteiger partial charge in [0.15, 0.2) is 11.5 Å². The van der Waals surface area contributed by atoms with Crippen LogP contribution in [0.5, 0.6) is 11.5 Å². The minimum atomic E-state index is -0.590. The maximum absolute atomic E-state index is 12.9. The first kappa shape index (κ1) is 55.0. The third-order valence-corrected chi connectivity index (χ3v) is 10.3. The van der Waals surface area contributed by atoms with E-state index in [1.165, 1.54) is 108 Å². The van der Waals surface area contributed by atoms with Gasteiger partial charge in [0, 0.05) is 19.4 Å². The summed E-state index contributed by atoms with van der Waals surface area (Å²) in [6.45, 7) is 9.19. The van der Waals surface area contributed by atoms with Gasteiger partial charge in [0.2, 0.25) is 0 Å². The Hall–Kier alpha value is -3.01. The number of carbonyl (C=O) groups excluding carboxylic acids is 3. The molecule has 0 heterocycles. The first-order chi connectivity index (χ1) is 29.5. The number of allylic oxidation sites excluding steroid dienone is 4. The van der Waals surface area contributed by atoms with E-state index in [2.05, 4.69) is 38.2 Å². The van der Waals surface area contributed by atoms with Crippen LogP contribution in [0, 0.1) is 0 Å². The molecular weight excluding hydrogens is 757 g/mol. The van der Waals surface area contributed by atoms with Crippen LogP contribution in [0.2, 0.25) is 0 Å². The van der Waals surface area contributed by atoms with Crippen LogP contribution in [0.1, 0.15) is 211 Å². The summed E-state index contributed by atoms with van der Waals surface area (Å²) in [6.07, 6.45) is 40.4. The molecule has 0 aliphatic rings. The van der Waals surface area contributed by atoms with Crippen molar-refractivity contribution in [1.29, 1.82) is 0 Å². The van der Waals surface area contributed by atoms with Gasteiger partial charge in [-0.25, -0.2) is 4.79 Å². The topological polar surface area (TPSA) is 107 Å². The van der Waals surface area contributed by atoms with Gasteiger partial charge < -0.3 is 28.4 Å². The van der Waals surface area contributed by atoms with E-state index in [-0.39, 0.29) is 43.1 Å². The summed E-state index contributed by atoms with van der Waals surface area (Å²) in [5.41, 5.74) is 0.190. The van der Waals surface area contributed by atoms with Gasteiger partial charge in [-0.15, -0.1) is 0 Å². The Morgan fingerprint density at radius 3 is 1.27 bits per heavy atom. The van der Waals surface area contributed by atoms with Crippen molar-refractivity contribution in [2.24, 2.45) is 0 Å². The number of unbranched alkanes of at least 4 members (excludes halogenated alkanes) is 22. The molecular formula is C51H86O9. The lowest BCUT2D eigenvalue weighted by atomic mass is 10.1. The summed E-state index contributed by atoms with van der Waals surface area (Å²) < 4.78 is 32.9. The Bertz CT molecular complexity index is 1230. The number of esters is 3. The molecule has 0 radical (unpaired) electrons. The number of hydrogen-bond donors (Lipinski definition) is 0. The number of rotatable bonds is 43. The molecule has 0 saturated carbocycles. The number of hydrogen-bond acceptors (Lipinski definition) is 9. The maximum Gasteiger partial charge on any atom is 0.338 e. The highest BCUT2D eigenvalue weighted by molar-refractivity contribution is 5.91. The molecule has 0 aliphatic heterocycles. The number of carbonyl (C=O) groups is 3. The predicted molar refractivity (Wildman–Crippen MR) is 245 cm³/mol. The fourth-order valence-corrected chi connectivity index (χ4v) is 6.69. The quantitative estimate of drug-likeness (QED) is 0.0275. The van der Waals surface area contributed by atoms with E-state index in [4.69, 9.17) is 28.4 Å². The highest BCUT2D eigenvalue weighted by atomic mass is 16.6. The van der Waals surface area contributed by atoms with E-state index in [9.17, 15) is 14.4 Å². The molecule has 0 unspecified atom stereocenters. The molecule has 9 nitrogen and oxygen atoms in total. The Balaban J connectivity index is 2.49. The minimum Gasteiger partial charge on any atom is -0.460 e. The van der Waals surface area contributed by atoms with Crippen LogP contribution in [-0.2, 0) is 28.5 Å². The standard InChI is InChI=1S/C51H86O9/c1-4-7-9-11-13-15-17-19-21-23-25-27-29-31-33-35-49(52)59-47-38-37-46(51(54)58-44-43-57-42-41-56-40-39-55-6-3)45-48(47)60-50(53)36-34-32-30-28-26-24-22-20-18-16-14-12-10-8-5-2/h19-22,37-38,45H,4-18,23-36,39-44H2,1-3H3. The fraction of sp³-hybridized carbons (Fsp3) is 0.745. The molecule has 60 heavy (non-hydrogen) atoms. The Labute approximate surface area is 366 Å². The van der Waals surface area contributed by atoms with Gasteiger partial charge in [-0.3, -0.25) is 9.59 Å². The Morgan fingerprint density at radius 2 is 0.817 bits per heavy atom. The second-order valence-corrected chi connectivity index (χ2v) is 15.8. The second-order valence-electron chi connectivity index (χ2n) is 15.8. The SMILES string of the molecule is CCCCCCCCC=CCCCCCCCC(=O)Oc1ccc(C(=O)OCCOCCOCCOCC)cc1OC(=O)CCCCCCCC=CCCCCCCCC. The number of benzene rings is 1. The van der Waals surface area contributed by atoms with Gasteiger partial charge in [-0.2, -0.15) is 0 Å².